The average molecular weight is 545 g/mol. The van der Waals surface area contributed by atoms with Crippen LogP contribution in [0, 0.1) is 5.41 Å². The fraction of sp³-hybridized carbons (Fsp3) is 0.536. The van der Waals surface area contributed by atoms with Crippen LogP contribution in [0.25, 0.3) is 11.2 Å². The number of rotatable bonds is 7. The predicted molar refractivity (Wildman–Crippen MR) is 154 cm³/mol. The molecular formula is C28H36N10O2. The number of pyridine rings is 1. The zero-order valence-corrected chi connectivity index (χ0v) is 22.7. The second-order valence-corrected chi connectivity index (χ2v) is 11.5. The van der Waals surface area contributed by atoms with Crippen molar-refractivity contribution in [2.24, 2.45) is 5.41 Å². The molecule has 0 bridgehead atoms. The molecule has 0 aromatic carbocycles. The Morgan fingerprint density at radius 3 is 2.62 bits per heavy atom. The Kier molecular flexibility index (Phi) is 6.41. The third kappa shape index (κ3) is 4.80. The molecule has 0 atom stereocenters. The van der Waals surface area contributed by atoms with Gasteiger partial charge in [-0.15, -0.1) is 0 Å². The number of hydrogen-bond donors (Lipinski definition) is 3. The first-order chi connectivity index (χ1) is 19.6. The van der Waals surface area contributed by atoms with Crippen LogP contribution in [0.1, 0.15) is 25.7 Å². The minimum absolute atomic E-state index is 0.115. The molecule has 3 aliphatic heterocycles. The smallest absolute Gasteiger partial charge is 0.243 e. The van der Waals surface area contributed by atoms with Crippen LogP contribution in [0.4, 0.5) is 23.3 Å². The topological polar surface area (TPSA) is 127 Å². The fourth-order valence-corrected chi connectivity index (χ4v) is 6.60. The maximum atomic E-state index is 11.5. The van der Waals surface area contributed by atoms with Gasteiger partial charge in [-0.25, -0.2) is 15.0 Å². The molecule has 7 rings (SSSR count). The highest BCUT2D eigenvalue weighted by Crippen LogP contribution is 2.50. The van der Waals surface area contributed by atoms with Crippen molar-refractivity contribution in [1.82, 2.24) is 30.2 Å². The number of H-pyrrole nitrogens is 1. The number of imidazole rings is 1. The standard InChI is InChI=1S/C28H36N10O2/c1-2-23(39)33-20-16-38(17-20)21-3-6-29-22(13-21)32-19-14-28(15-19)4-7-37(8-5-28)27-34-24-25(35-27)30-18-31-26(24)36-9-11-40-12-10-36/h2-3,6,13,18-20H,1,4-5,7-12,14-17H2,(H,29,32)(H,33,39)(H,30,31,34,35). The summed E-state index contributed by atoms with van der Waals surface area (Å²) in [6.45, 7) is 10.2. The maximum Gasteiger partial charge on any atom is 0.243 e. The third-order valence-electron chi connectivity index (χ3n) is 8.92. The molecule has 3 aromatic heterocycles. The Bertz CT molecular complexity index is 1380. The van der Waals surface area contributed by atoms with Crippen LogP contribution < -0.4 is 25.3 Å². The lowest BCUT2D eigenvalue weighted by Crippen LogP contribution is -2.59. The fourth-order valence-electron chi connectivity index (χ4n) is 6.60. The van der Waals surface area contributed by atoms with Gasteiger partial charge < -0.3 is 35.1 Å². The lowest BCUT2D eigenvalue weighted by Gasteiger charge is -2.52. The first kappa shape index (κ1) is 25.1. The van der Waals surface area contributed by atoms with Gasteiger partial charge in [-0.05, 0) is 43.2 Å². The van der Waals surface area contributed by atoms with E-state index in [-0.39, 0.29) is 11.9 Å². The molecule has 3 N–H and O–H groups in total. The summed E-state index contributed by atoms with van der Waals surface area (Å²) in [4.78, 5) is 40.3. The van der Waals surface area contributed by atoms with Crippen molar-refractivity contribution in [2.45, 2.75) is 37.8 Å². The van der Waals surface area contributed by atoms with E-state index in [1.807, 2.05) is 12.3 Å². The van der Waals surface area contributed by atoms with Crippen molar-refractivity contribution in [1.29, 1.82) is 0 Å². The number of ether oxygens (including phenoxy) is 1. The highest BCUT2D eigenvalue weighted by Gasteiger charge is 2.46. The van der Waals surface area contributed by atoms with E-state index in [1.165, 1.54) is 18.9 Å². The number of carbonyl (C=O) groups excluding carboxylic acids is 1. The van der Waals surface area contributed by atoms with Gasteiger partial charge >= 0.3 is 0 Å². The van der Waals surface area contributed by atoms with E-state index < -0.39 is 0 Å². The van der Waals surface area contributed by atoms with Gasteiger partial charge in [-0.2, -0.15) is 4.98 Å². The van der Waals surface area contributed by atoms with Gasteiger partial charge in [0.25, 0.3) is 0 Å². The minimum Gasteiger partial charge on any atom is -0.378 e. The van der Waals surface area contributed by atoms with Crippen molar-refractivity contribution >= 4 is 40.3 Å². The molecule has 12 nitrogen and oxygen atoms in total. The third-order valence-corrected chi connectivity index (χ3v) is 8.92. The van der Waals surface area contributed by atoms with Gasteiger partial charge in [0.15, 0.2) is 11.5 Å². The van der Waals surface area contributed by atoms with Gasteiger partial charge in [0.1, 0.15) is 17.7 Å². The number of nitrogens with one attached hydrogen (secondary N) is 3. The van der Waals surface area contributed by atoms with Crippen LogP contribution in [0.3, 0.4) is 0 Å². The van der Waals surface area contributed by atoms with Crippen LogP contribution >= 0.6 is 0 Å². The molecule has 1 aliphatic carbocycles. The first-order valence-electron chi connectivity index (χ1n) is 14.3. The van der Waals surface area contributed by atoms with E-state index in [9.17, 15) is 4.79 Å². The van der Waals surface area contributed by atoms with Gasteiger partial charge in [0, 0.05) is 63.3 Å². The van der Waals surface area contributed by atoms with E-state index >= 15 is 0 Å². The van der Waals surface area contributed by atoms with Gasteiger partial charge in [-0.3, -0.25) is 4.79 Å². The molecule has 40 heavy (non-hydrogen) atoms. The number of nitrogens with zero attached hydrogens (tertiary/aromatic N) is 7. The molecule has 0 radical (unpaired) electrons. The zero-order valence-electron chi connectivity index (χ0n) is 22.7. The Morgan fingerprint density at radius 1 is 1.05 bits per heavy atom. The van der Waals surface area contributed by atoms with Crippen LogP contribution in [0.5, 0.6) is 0 Å². The highest BCUT2D eigenvalue weighted by molar-refractivity contribution is 5.87. The summed E-state index contributed by atoms with van der Waals surface area (Å²) in [5.74, 6) is 2.62. The molecule has 1 saturated carbocycles. The average Bonchev–Trinajstić information content (AvgIpc) is 3.39. The number of aromatic amines is 1. The van der Waals surface area contributed by atoms with Crippen LogP contribution in [-0.2, 0) is 9.53 Å². The van der Waals surface area contributed by atoms with Crippen molar-refractivity contribution in [3.63, 3.8) is 0 Å². The minimum atomic E-state index is -0.115. The quantitative estimate of drug-likeness (QED) is 0.380. The molecule has 0 unspecified atom stereocenters. The summed E-state index contributed by atoms with van der Waals surface area (Å²) in [7, 11) is 0. The van der Waals surface area contributed by atoms with Crippen molar-refractivity contribution in [3.05, 3.63) is 37.3 Å². The van der Waals surface area contributed by atoms with Gasteiger partial charge in [-0.1, -0.05) is 6.58 Å². The lowest BCUT2D eigenvalue weighted by atomic mass is 9.60. The molecule has 12 heteroatoms. The van der Waals surface area contributed by atoms with Crippen molar-refractivity contribution in [2.75, 3.05) is 72.5 Å². The van der Waals surface area contributed by atoms with Crippen molar-refractivity contribution in [3.8, 4) is 0 Å². The van der Waals surface area contributed by atoms with E-state index in [2.05, 4.69) is 57.9 Å². The van der Waals surface area contributed by atoms with E-state index in [1.54, 1.807) is 6.33 Å². The van der Waals surface area contributed by atoms with E-state index in [0.29, 0.717) is 24.7 Å². The SMILES string of the molecule is C=CC(=O)NC1CN(c2ccnc(NC3CC4(CCN(c5nc6ncnc(N7CCOCC7)c6[nH]5)CC4)C3)c2)C1. The second-order valence-electron chi connectivity index (χ2n) is 11.5. The molecule has 6 heterocycles. The number of amides is 1. The van der Waals surface area contributed by atoms with Crippen LogP contribution in [0.15, 0.2) is 37.3 Å². The molecule has 3 aromatic rings. The Balaban J connectivity index is 0.920. The summed E-state index contributed by atoms with van der Waals surface area (Å²) >= 11 is 0. The van der Waals surface area contributed by atoms with Gasteiger partial charge in [0.2, 0.25) is 11.9 Å². The maximum absolute atomic E-state index is 11.5. The van der Waals surface area contributed by atoms with Crippen molar-refractivity contribution < 1.29 is 9.53 Å². The molecule has 210 valence electrons. The second kappa shape index (κ2) is 10.2. The van der Waals surface area contributed by atoms with Crippen LogP contribution in [-0.4, -0.2) is 95.4 Å². The Labute approximate surface area is 233 Å². The molecule has 4 fully saturated rings. The number of aromatic nitrogens is 5. The molecule has 1 amide bonds. The summed E-state index contributed by atoms with van der Waals surface area (Å²) in [5.41, 5.74) is 3.17. The van der Waals surface area contributed by atoms with Gasteiger partial charge in [0.05, 0.1) is 19.3 Å². The predicted octanol–water partition coefficient (Wildman–Crippen LogP) is 1.94. The van der Waals surface area contributed by atoms with Crippen LogP contribution in [0.2, 0.25) is 0 Å². The Morgan fingerprint density at radius 2 is 1.85 bits per heavy atom. The molecule has 4 aliphatic rings. The Hall–Kier alpha value is -3.93. The summed E-state index contributed by atoms with van der Waals surface area (Å²) in [6.07, 6.45) is 9.44. The number of carbonyl (C=O) groups is 1. The number of morpholine rings is 1. The normalized spacial score (nSPS) is 21.2. The monoisotopic (exact) mass is 544 g/mol. The molecular weight excluding hydrogens is 508 g/mol. The highest BCUT2D eigenvalue weighted by atomic mass is 16.5. The number of hydrogen-bond acceptors (Lipinski definition) is 10. The van der Waals surface area contributed by atoms with E-state index in [0.717, 1.165) is 86.5 Å². The summed E-state index contributed by atoms with van der Waals surface area (Å²) in [6, 6.07) is 4.77. The zero-order chi connectivity index (χ0) is 27.1. The van der Waals surface area contributed by atoms with E-state index in [4.69, 9.17) is 9.72 Å². The number of anilines is 4. The summed E-state index contributed by atoms with van der Waals surface area (Å²) in [5, 5.41) is 6.61. The molecule has 3 saturated heterocycles. The lowest BCUT2D eigenvalue weighted by molar-refractivity contribution is -0.117. The first-order valence-corrected chi connectivity index (χ1v) is 14.3. The molecule has 1 spiro atoms. The largest absolute Gasteiger partial charge is 0.378 e. The number of fused-ring (bicyclic) bond motifs is 1. The number of piperidine rings is 1. The summed E-state index contributed by atoms with van der Waals surface area (Å²) < 4.78 is 5.51.